The standard InChI is InChI=1S/C6H7BF3IN/c1-4(7-11)3-12-5(2)6(8,9)10/h3H,1-2H3/b4-3+,12-5?. The molecule has 0 N–H and O–H groups in total. The summed E-state index contributed by atoms with van der Waals surface area (Å²) in [4.78, 5) is 3.26. The Morgan fingerprint density at radius 1 is 1.42 bits per heavy atom. The highest BCUT2D eigenvalue weighted by atomic mass is 127. The van der Waals surface area contributed by atoms with Crippen LogP contribution in [0.4, 0.5) is 13.2 Å². The van der Waals surface area contributed by atoms with Gasteiger partial charge in [0.2, 0.25) is 5.14 Å². The Balaban J connectivity index is 4.39. The van der Waals surface area contributed by atoms with Gasteiger partial charge in [-0.25, -0.2) is 0 Å². The molecule has 0 amide bonds. The van der Waals surface area contributed by atoms with Crippen molar-refractivity contribution >= 4 is 33.2 Å². The molecule has 1 nitrogen and oxygen atoms in total. The fourth-order valence-electron chi connectivity index (χ4n) is 0.300. The summed E-state index contributed by atoms with van der Waals surface area (Å²) in [7, 11) is 0. The molecule has 6 heteroatoms. The lowest BCUT2D eigenvalue weighted by molar-refractivity contribution is -0.0591. The van der Waals surface area contributed by atoms with E-state index < -0.39 is 11.9 Å². The average molecular weight is 288 g/mol. The van der Waals surface area contributed by atoms with Crippen LogP contribution in [0.3, 0.4) is 0 Å². The first kappa shape index (κ1) is 12.0. The second-order valence-corrected chi connectivity index (χ2v) is 2.82. The minimum Gasteiger partial charge on any atom is -0.257 e. The van der Waals surface area contributed by atoms with Gasteiger partial charge in [-0.1, -0.05) is 5.47 Å². The average Bonchev–Trinajstić information content (AvgIpc) is 1.97. The molecule has 0 aromatic heterocycles. The molecule has 0 fully saturated rings. The first-order valence-electron chi connectivity index (χ1n) is 3.09. The van der Waals surface area contributed by atoms with Crippen molar-refractivity contribution in [2.45, 2.75) is 20.0 Å². The predicted octanol–water partition coefficient (Wildman–Crippen LogP) is 2.93. The van der Waals surface area contributed by atoms with Gasteiger partial charge in [0.05, 0.1) is 0 Å². The van der Waals surface area contributed by atoms with Crippen LogP contribution in [-0.2, 0) is 0 Å². The van der Waals surface area contributed by atoms with Crippen LogP contribution in [0, 0.1) is 0 Å². The molecule has 0 aliphatic rings. The van der Waals surface area contributed by atoms with Crippen molar-refractivity contribution in [3.05, 3.63) is 11.7 Å². The topological polar surface area (TPSA) is 12.4 Å². The first-order valence-corrected chi connectivity index (χ1v) is 4.34. The number of allylic oxidation sites excluding steroid dienone is 1. The molecule has 0 saturated heterocycles. The lowest BCUT2D eigenvalue weighted by Gasteiger charge is -2.02. The molecule has 67 valence electrons. The van der Waals surface area contributed by atoms with Crippen molar-refractivity contribution in [3.63, 3.8) is 0 Å². The van der Waals surface area contributed by atoms with E-state index in [1.54, 1.807) is 12.1 Å². The summed E-state index contributed by atoms with van der Waals surface area (Å²) in [5.41, 5.74) is -0.140. The molecule has 0 aromatic rings. The van der Waals surface area contributed by atoms with Crippen LogP contribution < -0.4 is 0 Å². The van der Waals surface area contributed by atoms with Crippen LogP contribution in [-0.4, -0.2) is 17.0 Å². The highest BCUT2D eigenvalue weighted by Crippen LogP contribution is 2.17. The summed E-state index contributed by atoms with van der Waals surface area (Å²) in [5, 5.41) is 1.66. The predicted molar refractivity (Wildman–Crippen MR) is 52.7 cm³/mol. The number of rotatable bonds is 2. The summed E-state index contributed by atoms with van der Waals surface area (Å²) in [6, 6.07) is 0. The van der Waals surface area contributed by atoms with Gasteiger partial charge in [-0.15, -0.1) is 0 Å². The Labute approximate surface area is 83.2 Å². The molecule has 0 aromatic carbocycles. The Hall–Kier alpha value is -0.00506. The van der Waals surface area contributed by atoms with E-state index in [2.05, 4.69) is 4.99 Å². The van der Waals surface area contributed by atoms with Crippen LogP contribution in [0.25, 0.3) is 0 Å². The largest absolute Gasteiger partial charge is 0.429 e. The maximum Gasteiger partial charge on any atom is 0.429 e. The smallest absolute Gasteiger partial charge is 0.257 e. The zero-order valence-electron chi connectivity index (χ0n) is 6.61. The van der Waals surface area contributed by atoms with Crippen LogP contribution in [0.5, 0.6) is 0 Å². The SMILES string of the molecule is CC(=N/C=C(\C)[B]I)C(F)(F)F. The van der Waals surface area contributed by atoms with E-state index in [0.29, 0.717) is 5.47 Å². The van der Waals surface area contributed by atoms with Crippen LogP contribution in [0.1, 0.15) is 13.8 Å². The highest BCUT2D eigenvalue weighted by molar-refractivity contribution is 14.1. The lowest BCUT2D eigenvalue weighted by Crippen LogP contribution is -2.18. The summed E-state index contributed by atoms with van der Waals surface area (Å²) < 4.78 is 35.5. The summed E-state index contributed by atoms with van der Waals surface area (Å²) in [5.74, 6) is 0. The van der Waals surface area contributed by atoms with Gasteiger partial charge in [0.1, 0.15) is 5.71 Å². The number of aliphatic imine (C=N–C) groups is 1. The molecular formula is C6H7BF3IN. The number of alkyl halides is 3. The Morgan fingerprint density at radius 2 is 1.92 bits per heavy atom. The van der Waals surface area contributed by atoms with Crippen molar-refractivity contribution in [1.29, 1.82) is 0 Å². The van der Waals surface area contributed by atoms with Crippen molar-refractivity contribution < 1.29 is 13.2 Å². The maximum absolute atomic E-state index is 11.8. The molecule has 0 heterocycles. The van der Waals surface area contributed by atoms with E-state index in [1.165, 1.54) is 6.20 Å². The zero-order chi connectivity index (χ0) is 9.78. The zero-order valence-corrected chi connectivity index (χ0v) is 8.77. The molecule has 0 spiro atoms. The Kier molecular flexibility index (Phi) is 4.88. The molecule has 0 atom stereocenters. The van der Waals surface area contributed by atoms with Crippen molar-refractivity contribution in [2.75, 3.05) is 0 Å². The lowest BCUT2D eigenvalue weighted by atomic mass is 9.99. The van der Waals surface area contributed by atoms with Gasteiger partial charge in [0.25, 0.3) is 0 Å². The van der Waals surface area contributed by atoms with Crippen molar-refractivity contribution in [1.82, 2.24) is 0 Å². The molecule has 0 aliphatic carbocycles. The third kappa shape index (κ3) is 4.79. The fourth-order valence-corrected chi connectivity index (χ4v) is 0.461. The van der Waals surface area contributed by atoms with Crippen molar-refractivity contribution in [2.24, 2.45) is 4.99 Å². The minimum absolute atomic E-state index is 0.694. The van der Waals surface area contributed by atoms with Gasteiger partial charge in [-0.3, -0.25) is 4.99 Å². The molecule has 0 saturated carbocycles. The van der Waals surface area contributed by atoms with Gasteiger partial charge in [0.15, 0.2) is 0 Å². The molecule has 0 bridgehead atoms. The molecule has 0 unspecified atom stereocenters. The highest BCUT2D eigenvalue weighted by Gasteiger charge is 2.31. The van der Waals surface area contributed by atoms with E-state index in [0.717, 1.165) is 6.92 Å². The third-order valence-electron chi connectivity index (χ3n) is 1.04. The molecule has 0 aliphatic heterocycles. The fraction of sp³-hybridized carbons (Fsp3) is 0.500. The minimum atomic E-state index is -4.32. The number of hydrogen-bond acceptors (Lipinski definition) is 1. The summed E-state index contributed by atoms with van der Waals surface area (Å²) >= 11 is 1.94. The summed E-state index contributed by atoms with van der Waals surface area (Å²) in [6.07, 6.45) is -3.13. The molecule has 1 radical (unpaired) electrons. The van der Waals surface area contributed by atoms with Gasteiger partial charge >= 0.3 is 6.18 Å². The van der Waals surface area contributed by atoms with Gasteiger partial charge in [-0.05, 0) is 13.8 Å². The molecule has 12 heavy (non-hydrogen) atoms. The van der Waals surface area contributed by atoms with E-state index in [9.17, 15) is 13.2 Å². The second kappa shape index (κ2) is 4.88. The number of nitrogens with zero attached hydrogens (tertiary/aromatic N) is 1. The van der Waals surface area contributed by atoms with E-state index >= 15 is 0 Å². The maximum atomic E-state index is 11.8. The van der Waals surface area contributed by atoms with Crippen LogP contribution >= 0.6 is 22.4 Å². The van der Waals surface area contributed by atoms with Crippen LogP contribution in [0.15, 0.2) is 16.7 Å². The van der Waals surface area contributed by atoms with Gasteiger partial charge in [0, 0.05) is 6.20 Å². The number of halogens is 4. The van der Waals surface area contributed by atoms with Crippen molar-refractivity contribution in [3.8, 4) is 0 Å². The second-order valence-electron chi connectivity index (χ2n) is 2.19. The van der Waals surface area contributed by atoms with E-state index in [4.69, 9.17) is 0 Å². The summed E-state index contributed by atoms with van der Waals surface area (Å²) in [6.45, 7) is 2.62. The number of hydrogen-bond donors (Lipinski definition) is 0. The first-order chi connectivity index (χ1) is 5.38. The quantitative estimate of drug-likeness (QED) is 0.421. The molecular weight excluding hydrogens is 281 g/mol. The van der Waals surface area contributed by atoms with E-state index in [1.807, 2.05) is 22.4 Å². The third-order valence-corrected chi connectivity index (χ3v) is 2.03. The van der Waals surface area contributed by atoms with Gasteiger partial charge < -0.3 is 0 Å². The Morgan fingerprint density at radius 3 is 2.25 bits per heavy atom. The normalized spacial score (nSPS) is 14.8. The monoisotopic (exact) mass is 288 g/mol. The Bertz CT molecular complexity index is 209. The molecule has 0 rings (SSSR count). The van der Waals surface area contributed by atoms with E-state index in [-0.39, 0.29) is 0 Å². The van der Waals surface area contributed by atoms with Crippen LogP contribution in [0.2, 0.25) is 0 Å². The van der Waals surface area contributed by atoms with Gasteiger partial charge in [-0.2, -0.15) is 35.5 Å².